The summed E-state index contributed by atoms with van der Waals surface area (Å²) in [7, 11) is -3.03. The molecule has 2 N–H and O–H groups in total. The molecule has 1 saturated heterocycles. The Morgan fingerprint density at radius 1 is 0.829 bits per heavy atom. The van der Waals surface area contributed by atoms with Gasteiger partial charge < -0.3 is 28.8 Å². The molecule has 0 aromatic heterocycles. The number of carbonyl (C=O) groups excluding carboxylic acids is 2. The lowest BCUT2D eigenvalue weighted by molar-refractivity contribution is -0.288. The molecule has 0 spiro atoms. The summed E-state index contributed by atoms with van der Waals surface area (Å²) in [4.78, 5) is 24.9. The van der Waals surface area contributed by atoms with E-state index in [9.17, 15) is 19.8 Å². The summed E-state index contributed by atoms with van der Waals surface area (Å²) in [5.41, 5.74) is 1.25. The lowest BCUT2D eigenvalue weighted by Gasteiger charge is -2.46. The molecule has 8 nitrogen and oxygen atoms in total. The van der Waals surface area contributed by atoms with E-state index in [-0.39, 0.29) is 17.2 Å². The molecule has 0 saturated carbocycles. The van der Waals surface area contributed by atoms with Gasteiger partial charge in [-0.1, -0.05) is 99.1 Å². The molecule has 1 aliphatic heterocycles. The minimum Gasteiger partial charge on any atom is -0.454 e. The molecule has 1 heterocycles. The highest BCUT2D eigenvalue weighted by Gasteiger charge is 2.53. The van der Waals surface area contributed by atoms with E-state index in [0.29, 0.717) is 0 Å². The van der Waals surface area contributed by atoms with Gasteiger partial charge in [0, 0.05) is 6.92 Å². The average Bonchev–Trinajstić information content (AvgIpc) is 2.94. The zero-order chi connectivity index (χ0) is 29.8. The van der Waals surface area contributed by atoms with Crippen LogP contribution in [0.1, 0.15) is 43.6 Å². The normalized spacial score (nSPS) is 23.0. The summed E-state index contributed by atoms with van der Waals surface area (Å²) in [5, 5.41) is 23.7. The van der Waals surface area contributed by atoms with E-state index < -0.39 is 51.0 Å². The lowest BCUT2D eigenvalue weighted by Crippen LogP contribution is -2.68. The minimum atomic E-state index is -3.03. The van der Waals surface area contributed by atoms with Crippen LogP contribution >= 0.6 is 0 Å². The Labute approximate surface area is 242 Å². The van der Waals surface area contributed by atoms with Crippen LogP contribution in [0.25, 0.3) is 0 Å². The number of hydrogen-bond donors (Lipinski definition) is 2. The molecule has 1 unspecified atom stereocenters. The number of benzene rings is 3. The number of aryl methyl sites for hydroxylation is 1. The van der Waals surface area contributed by atoms with Gasteiger partial charge in [0.15, 0.2) is 18.5 Å². The molecule has 3 aromatic rings. The van der Waals surface area contributed by atoms with E-state index >= 15 is 0 Å². The third-order valence-electron chi connectivity index (χ3n) is 7.35. The second-order valence-corrected chi connectivity index (χ2v) is 15.6. The maximum absolute atomic E-state index is 13.1. The highest BCUT2D eigenvalue weighted by Crippen LogP contribution is 2.37. The highest BCUT2D eigenvalue weighted by atomic mass is 28.4. The molecule has 41 heavy (non-hydrogen) atoms. The van der Waals surface area contributed by atoms with E-state index in [1.54, 1.807) is 24.3 Å². The van der Waals surface area contributed by atoms with Gasteiger partial charge in [-0.05, 0) is 34.5 Å². The van der Waals surface area contributed by atoms with Gasteiger partial charge in [-0.15, -0.1) is 0 Å². The Morgan fingerprint density at radius 3 is 1.85 bits per heavy atom. The molecule has 0 radical (unpaired) electrons. The van der Waals surface area contributed by atoms with Crippen molar-refractivity contribution in [2.24, 2.45) is 0 Å². The highest BCUT2D eigenvalue weighted by molar-refractivity contribution is 6.99. The Bertz CT molecular complexity index is 1270. The molecule has 4 rings (SSSR count). The van der Waals surface area contributed by atoms with Crippen molar-refractivity contribution in [2.75, 3.05) is 6.61 Å². The summed E-state index contributed by atoms with van der Waals surface area (Å²) >= 11 is 0. The standard InChI is InChI=1S/C32H38O8Si/c1-21-16-18-23(19-17-21)30(35)40-28-26(39-31(36)29(27(28)34)38-22(2)33)20-37-41(32(3,4)5,24-12-8-6-9-13-24)25-14-10-7-11-15-25/h6-19,26-29,31,34,36H,20H2,1-5H3/t26-,27+,28+,29-,31?/m1/s1. The van der Waals surface area contributed by atoms with Crippen LogP contribution in [-0.2, 0) is 23.4 Å². The van der Waals surface area contributed by atoms with E-state index in [2.05, 4.69) is 20.8 Å². The SMILES string of the molecule is CC(=O)O[C@H]1C(O)O[C@H](CO[Si](c2ccccc2)(c2ccccc2)C(C)(C)C)[C@H](OC(=O)c2ccc(C)cc2)[C@@H]1O. The first kappa shape index (κ1) is 30.6. The number of aliphatic hydroxyl groups excluding tert-OH is 2. The summed E-state index contributed by atoms with van der Waals surface area (Å²) in [5.74, 6) is -1.41. The van der Waals surface area contributed by atoms with Crippen LogP contribution in [0.5, 0.6) is 0 Å². The van der Waals surface area contributed by atoms with Gasteiger partial charge in [0.2, 0.25) is 0 Å². The molecule has 3 aromatic carbocycles. The first-order valence-electron chi connectivity index (χ1n) is 13.7. The fourth-order valence-electron chi connectivity index (χ4n) is 5.36. The average molecular weight is 579 g/mol. The van der Waals surface area contributed by atoms with Crippen LogP contribution in [0, 0.1) is 6.92 Å². The van der Waals surface area contributed by atoms with Crippen molar-refractivity contribution >= 4 is 30.6 Å². The van der Waals surface area contributed by atoms with Crippen molar-refractivity contribution in [3.63, 3.8) is 0 Å². The fourth-order valence-corrected chi connectivity index (χ4v) is 9.93. The lowest BCUT2D eigenvalue weighted by atomic mass is 9.98. The van der Waals surface area contributed by atoms with Crippen molar-refractivity contribution in [2.45, 2.75) is 70.4 Å². The van der Waals surface area contributed by atoms with Gasteiger partial charge in [-0.25, -0.2) is 4.79 Å². The van der Waals surface area contributed by atoms with E-state index in [1.165, 1.54) is 0 Å². The number of rotatable bonds is 8. The van der Waals surface area contributed by atoms with Gasteiger partial charge >= 0.3 is 11.9 Å². The second-order valence-electron chi connectivity index (χ2n) is 11.3. The van der Waals surface area contributed by atoms with Crippen LogP contribution in [0.15, 0.2) is 84.9 Å². The molecule has 0 bridgehead atoms. The van der Waals surface area contributed by atoms with Crippen molar-refractivity contribution < 1.29 is 38.4 Å². The zero-order valence-electron chi connectivity index (χ0n) is 24.0. The van der Waals surface area contributed by atoms with Gasteiger partial charge in [0.1, 0.15) is 12.2 Å². The second kappa shape index (κ2) is 12.7. The number of hydrogen-bond acceptors (Lipinski definition) is 8. The quantitative estimate of drug-likeness (QED) is 0.310. The van der Waals surface area contributed by atoms with Crippen molar-refractivity contribution in [1.29, 1.82) is 0 Å². The zero-order valence-corrected chi connectivity index (χ0v) is 25.0. The summed E-state index contributed by atoms with van der Waals surface area (Å²) in [6.07, 6.45) is -7.04. The molecule has 1 fully saturated rings. The predicted molar refractivity (Wildman–Crippen MR) is 156 cm³/mol. The van der Waals surface area contributed by atoms with E-state index in [4.69, 9.17) is 18.6 Å². The Kier molecular flexibility index (Phi) is 9.46. The van der Waals surface area contributed by atoms with Crippen molar-refractivity contribution in [3.05, 3.63) is 96.1 Å². The molecule has 218 valence electrons. The molecule has 1 aliphatic rings. The predicted octanol–water partition coefficient (Wildman–Crippen LogP) is 3.11. The molecule has 0 amide bonds. The Balaban J connectivity index is 1.71. The third-order valence-corrected chi connectivity index (χ3v) is 12.4. The van der Waals surface area contributed by atoms with E-state index in [0.717, 1.165) is 22.9 Å². The summed E-state index contributed by atoms with van der Waals surface area (Å²) in [6, 6.07) is 26.7. The first-order chi connectivity index (χ1) is 19.4. The smallest absolute Gasteiger partial charge is 0.338 e. The van der Waals surface area contributed by atoms with Crippen molar-refractivity contribution in [1.82, 2.24) is 0 Å². The Hall–Kier alpha value is -3.34. The third kappa shape index (κ3) is 6.60. The number of esters is 2. The van der Waals surface area contributed by atoms with E-state index in [1.807, 2.05) is 67.6 Å². The maximum Gasteiger partial charge on any atom is 0.338 e. The van der Waals surface area contributed by atoms with Gasteiger partial charge in [-0.2, -0.15) is 0 Å². The molecule has 5 atom stereocenters. The summed E-state index contributed by atoms with van der Waals surface area (Å²) in [6.45, 7) is 9.31. The maximum atomic E-state index is 13.1. The molecular formula is C32H38O8Si. The van der Waals surface area contributed by atoms with Crippen LogP contribution in [0.2, 0.25) is 5.04 Å². The topological polar surface area (TPSA) is 112 Å². The fraction of sp³-hybridized carbons (Fsp3) is 0.375. The monoisotopic (exact) mass is 578 g/mol. The Morgan fingerprint density at radius 2 is 1.37 bits per heavy atom. The molecule has 9 heteroatoms. The number of carbonyl (C=O) groups is 2. The van der Waals surface area contributed by atoms with Crippen LogP contribution < -0.4 is 10.4 Å². The van der Waals surface area contributed by atoms with Gasteiger partial charge in [-0.3, -0.25) is 4.79 Å². The molecular weight excluding hydrogens is 540 g/mol. The minimum absolute atomic E-state index is 0.111. The van der Waals surface area contributed by atoms with Crippen LogP contribution in [-0.4, -0.2) is 67.8 Å². The largest absolute Gasteiger partial charge is 0.454 e. The van der Waals surface area contributed by atoms with Crippen LogP contribution in [0.4, 0.5) is 0 Å². The summed E-state index contributed by atoms with van der Waals surface area (Å²) < 4.78 is 23.7. The van der Waals surface area contributed by atoms with Gasteiger partial charge in [0.25, 0.3) is 8.32 Å². The number of aliphatic hydroxyl groups is 2. The first-order valence-corrected chi connectivity index (χ1v) is 15.6. The van der Waals surface area contributed by atoms with Crippen LogP contribution in [0.3, 0.4) is 0 Å². The molecule has 0 aliphatic carbocycles. The van der Waals surface area contributed by atoms with Crippen molar-refractivity contribution in [3.8, 4) is 0 Å². The number of ether oxygens (including phenoxy) is 3. The van der Waals surface area contributed by atoms with Gasteiger partial charge in [0.05, 0.1) is 12.2 Å².